The molecule has 0 bridgehead atoms. The summed E-state index contributed by atoms with van der Waals surface area (Å²) in [5.41, 5.74) is 0.443. The SMILES string of the molecule is CCOCCN(C)c1nc(C(=O)CCl)cs1. The topological polar surface area (TPSA) is 42.4 Å². The Morgan fingerprint density at radius 3 is 3.06 bits per heavy atom. The predicted octanol–water partition coefficient (Wildman–Crippen LogP) is 2.04. The molecule has 1 aromatic rings. The number of anilines is 1. The highest BCUT2D eigenvalue weighted by molar-refractivity contribution is 7.13. The molecule has 90 valence electrons. The van der Waals surface area contributed by atoms with Gasteiger partial charge in [-0.3, -0.25) is 4.79 Å². The summed E-state index contributed by atoms with van der Waals surface area (Å²) in [5, 5.41) is 2.55. The molecule has 0 spiro atoms. The first kappa shape index (κ1) is 13.4. The van der Waals surface area contributed by atoms with Crippen molar-refractivity contribution in [2.45, 2.75) is 6.92 Å². The fourth-order valence-corrected chi connectivity index (χ4v) is 2.04. The highest BCUT2D eigenvalue weighted by Crippen LogP contribution is 2.19. The van der Waals surface area contributed by atoms with Gasteiger partial charge in [0.1, 0.15) is 5.69 Å². The first-order chi connectivity index (χ1) is 7.69. The second kappa shape index (κ2) is 6.83. The lowest BCUT2D eigenvalue weighted by Gasteiger charge is -2.14. The van der Waals surface area contributed by atoms with Gasteiger partial charge in [0.25, 0.3) is 0 Å². The van der Waals surface area contributed by atoms with E-state index in [1.54, 1.807) is 5.38 Å². The van der Waals surface area contributed by atoms with Gasteiger partial charge in [0.15, 0.2) is 10.9 Å². The smallest absolute Gasteiger partial charge is 0.196 e. The molecule has 0 fully saturated rings. The van der Waals surface area contributed by atoms with Crippen molar-refractivity contribution in [1.82, 2.24) is 4.98 Å². The number of Topliss-reactive ketones (excluding diaryl/α,β-unsaturated/α-hetero) is 1. The Hall–Kier alpha value is -0.650. The van der Waals surface area contributed by atoms with Gasteiger partial charge < -0.3 is 9.64 Å². The molecule has 0 aliphatic carbocycles. The molecule has 0 saturated heterocycles. The Bertz CT molecular complexity index is 343. The molecule has 16 heavy (non-hydrogen) atoms. The van der Waals surface area contributed by atoms with Gasteiger partial charge >= 0.3 is 0 Å². The second-order valence-corrected chi connectivity index (χ2v) is 4.29. The van der Waals surface area contributed by atoms with Crippen LogP contribution in [0.1, 0.15) is 17.4 Å². The fourth-order valence-electron chi connectivity index (χ4n) is 1.08. The molecule has 1 heterocycles. The Kier molecular flexibility index (Phi) is 5.73. The highest BCUT2D eigenvalue weighted by atomic mass is 35.5. The van der Waals surface area contributed by atoms with E-state index in [9.17, 15) is 4.79 Å². The summed E-state index contributed by atoms with van der Waals surface area (Å²) in [5.74, 6) is -0.159. The van der Waals surface area contributed by atoms with Gasteiger partial charge in [-0.15, -0.1) is 22.9 Å². The van der Waals surface area contributed by atoms with Crippen LogP contribution in [0.4, 0.5) is 5.13 Å². The molecular weight excluding hydrogens is 248 g/mol. The third-order valence-electron chi connectivity index (χ3n) is 2.00. The molecule has 0 atom stereocenters. The Morgan fingerprint density at radius 2 is 2.44 bits per heavy atom. The maximum absolute atomic E-state index is 11.3. The molecule has 4 nitrogen and oxygen atoms in total. The van der Waals surface area contributed by atoms with Gasteiger partial charge in [-0.25, -0.2) is 4.98 Å². The van der Waals surface area contributed by atoms with E-state index in [0.29, 0.717) is 18.9 Å². The number of carbonyl (C=O) groups is 1. The molecule has 6 heteroatoms. The molecular formula is C10H15ClN2O2S. The average molecular weight is 263 g/mol. The monoisotopic (exact) mass is 262 g/mol. The standard InChI is InChI=1S/C10H15ClN2O2S/c1-3-15-5-4-13(2)10-12-8(7-16-10)9(14)6-11/h7H,3-6H2,1-2H3. The molecule has 1 rings (SSSR count). The Labute approximate surface area is 104 Å². The van der Waals surface area contributed by atoms with E-state index in [4.69, 9.17) is 16.3 Å². The number of thiazole rings is 1. The number of ketones is 1. The zero-order valence-electron chi connectivity index (χ0n) is 9.40. The van der Waals surface area contributed by atoms with Gasteiger partial charge in [-0.2, -0.15) is 0 Å². The van der Waals surface area contributed by atoms with Crippen LogP contribution >= 0.6 is 22.9 Å². The number of hydrogen-bond acceptors (Lipinski definition) is 5. The lowest BCUT2D eigenvalue weighted by atomic mass is 10.3. The van der Waals surface area contributed by atoms with Gasteiger partial charge in [0.2, 0.25) is 0 Å². The summed E-state index contributed by atoms with van der Waals surface area (Å²) in [6.45, 7) is 4.09. The molecule has 0 radical (unpaired) electrons. The van der Waals surface area contributed by atoms with Gasteiger partial charge in [-0.05, 0) is 6.92 Å². The van der Waals surface area contributed by atoms with E-state index in [2.05, 4.69) is 4.98 Å². The van der Waals surface area contributed by atoms with E-state index in [-0.39, 0.29) is 11.7 Å². The lowest BCUT2D eigenvalue weighted by Crippen LogP contribution is -2.22. The number of alkyl halides is 1. The number of likely N-dealkylation sites (N-methyl/N-ethyl adjacent to an activating group) is 1. The molecule has 0 aliphatic heterocycles. The van der Waals surface area contributed by atoms with Crippen molar-refractivity contribution in [3.63, 3.8) is 0 Å². The third-order valence-corrected chi connectivity index (χ3v) is 3.20. The largest absolute Gasteiger partial charge is 0.380 e. The van der Waals surface area contributed by atoms with Crippen molar-refractivity contribution >= 4 is 33.9 Å². The number of aromatic nitrogens is 1. The Morgan fingerprint density at radius 1 is 1.69 bits per heavy atom. The van der Waals surface area contributed by atoms with Crippen LogP contribution in [0.2, 0.25) is 0 Å². The van der Waals surface area contributed by atoms with Crippen molar-refractivity contribution in [3.8, 4) is 0 Å². The fraction of sp³-hybridized carbons (Fsp3) is 0.600. The van der Waals surface area contributed by atoms with Crippen LogP contribution in [0.15, 0.2) is 5.38 Å². The van der Waals surface area contributed by atoms with Crippen molar-refractivity contribution in [3.05, 3.63) is 11.1 Å². The molecule has 0 saturated carbocycles. The van der Waals surface area contributed by atoms with E-state index in [1.165, 1.54) is 11.3 Å². The van der Waals surface area contributed by atoms with Crippen molar-refractivity contribution < 1.29 is 9.53 Å². The first-order valence-electron chi connectivity index (χ1n) is 5.02. The molecule has 0 unspecified atom stereocenters. The van der Waals surface area contributed by atoms with Gasteiger partial charge in [0.05, 0.1) is 12.5 Å². The summed E-state index contributed by atoms with van der Waals surface area (Å²) in [4.78, 5) is 17.5. The third kappa shape index (κ3) is 3.73. The number of nitrogens with zero attached hydrogens (tertiary/aromatic N) is 2. The summed E-state index contributed by atoms with van der Waals surface area (Å²) in [6, 6.07) is 0. The predicted molar refractivity (Wildman–Crippen MR) is 66.9 cm³/mol. The van der Waals surface area contributed by atoms with E-state index >= 15 is 0 Å². The van der Waals surface area contributed by atoms with Crippen LogP contribution in [-0.2, 0) is 4.74 Å². The zero-order chi connectivity index (χ0) is 12.0. The number of carbonyl (C=O) groups excluding carboxylic acids is 1. The van der Waals surface area contributed by atoms with Gasteiger partial charge in [0, 0.05) is 25.6 Å². The molecule has 0 amide bonds. The lowest BCUT2D eigenvalue weighted by molar-refractivity contribution is 0.101. The van der Waals surface area contributed by atoms with Crippen LogP contribution in [0.3, 0.4) is 0 Å². The highest BCUT2D eigenvalue weighted by Gasteiger charge is 2.11. The minimum Gasteiger partial charge on any atom is -0.380 e. The normalized spacial score (nSPS) is 10.4. The molecule has 0 aliphatic rings. The Balaban J connectivity index is 2.52. The van der Waals surface area contributed by atoms with Crippen LogP contribution in [0, 0.1) is 0 Å². The quantitative estimate of drug-likeness (QED) is 0.428. The van der Waals surface area contributed by atoms with Crippen LogP contribution in [0.5, 0.6) is 0 Å². The van der Waals surface area contributed by atoms with Crippen molar-refractivity contribution in [2.24, 2.45) is 0 Å². The van der Waals surface area contributed by atoms with Crippen LogP contribution < -0.4 is 4.90 Å². The van der Waals surface area contributed by atoms with Crippen molar-refractivity contribution in [1.29, 1.82) is 0 Å². The summed E-state index contributed by atoms with van der Waals surface area (Å²) >= 11 is 6.90. The van der Waals surface area contributed by atoms with Gasteiger partial charge in [-0.1, -0.05) is 0 Å². The summed E-state index contributed by atoms with van der Waals surface area (Å²) in [6.07, 6.45) is 0. The van der Waals surface area contributed by atoms with E-state index < -0.39 is 0 Å². The maximum Gasteiger partial charge on any atom is 0.196 e. The summed E-state index contributed by atoms with van der Waals surface area (Å²) < 4.78 is 5.25. The number of rotatable bonds is 7. The van der Waals surface area contributed by atoms with E-state index in [0.717, 1.165) is 11.7 Å². The van der Waals surface area contributed by atoms with Crippen molar-refractivity contribution in [2.75, 3.05) is 37.6 Å². The first-order valence-corrected chi connectivity index (χ1v) is 6.44. The number of hydrogen-bond donors (Lipinski definition) is 0. The number of ether oxygens (including phenoxy) is 1. The van der Waals surface area contributed by atoms with Crippen LogP contribution in [-0.4, -0.2) is 43.5 Å². The maximum atomic E-state index is 11.3. The van der Waals surface area contributed by atoms with E-state index in [1.807, 2.05) is 18.9 Å². The molecule has 0 N–H and O–H groups in total. The number of halogens is 1. The van der Waals surface area contributed by atoms with Crippen LogP contribution in [0.25, 0.3) is 0 Å². The molecule has 0 aromatic carbocycles. The zero-order valence-corrected chi connectivity index (χ0v) is 11.0. The minimum atomic E-state index is -0.137. The second-order valence-electron chi connectivity index (χ2n) is 3.19. The molecule has 1 aromatic heterocycles. The summed E-state index contributed by atoms with van der Waals surface area (Å²) in [7, 11) is 1.92. The minimum absolute atomic E-state index is 0.0220. The average Bonchev–Trinajstić information content (AvgIpc) is 2.77.